The van der Waals surface area contributed by atoms with Crippen molar-refractivity contribution in [3.05, 3.63) is 12.3 Å². The van der Waals surface area contributed by atoms with Gasteiger partial charge in [0.05, 0.1) is 6.61 Å². The van der Waals surface area contributed by atoms with Crippen molar-refractivity contribution in [2.75, 3.05) is 6.61 Å². The Labute approximate surface area is 54.5 Å². The zero-order valence-corrected chi connectivity index (χ0v) is 5.52. The Bertz CT molecular complexity index is 120. The van der Waals surface area contributed by atoms with E-state index in [-0.39, 0.29) is 5.70 Å². The predicted molar refractivity (Wildman–Crippen MR) is 34.6 cm³/mol. The summed E-state index contributed by atoms with van der Waals surface area (Å²) in [5, 5.41) is 0. The van der Waals surface area contributed by atoms with Crippen molar-refractivity contribution in [1.82, 2.24) is 0 Å². The third kappa shape index (κ3) is 3.58. The molecule has 0 bridgehead atoms. The third-order valence-electron chi connectivity index (χ3n) is 0.699. The van der Waals surface area contributed by atoms with Crippen molar-refractivity contribution in [3.8, 4) is 0 Å². The van der Waals surface area contributed by atoms with Gasteiger partial charge < -0.3 is 10.5 Å². The lowest BCUT2D eigenvalue weighted by Gasteiger charge is -1.99. The molecule has 0 spiro atoms. The van der Waals surface area contributed by atoms with E-state index >= 15 is 0 Å². The molecule has 0 saturated carbocycles. The van der Waals surface area contributed by atoms with E-state index < -0.39 is 5.97 Å². The van der Waals surface area contributed by atoms with Crippen LogP contribution in [0.5, 0.6) is 0 Å². The van der Waals surface area contributed by atoms with Crippen molar-refractivity contribution in [2.45, 2.75) is 13.3 Å². The van der Waals surface area contributed by atoms with E-state index in [0.717, 1.165) is 6.42 Å². The van der Waals surface area contributed by atoms with Crippen LogP contribution in [0.25, 0.3) is 0 Å². The summed E-state index contributed by atoms with van der Waals surface area (Å²) in [4.78, 5) is 10.5. The standard InChI is InChI=1S/C6H11NO2/c1-3-4-9-6(8)5(2)7/h2-4,7H2,1H3. The lowest BCUT2D eigenvalue weighted by molar-refractivity contribution is -0.139. The van der Waals surface area contributed by atoms with Crippen LogP contribution >= 0.6 is 0 Å². The fourth-order valence-corrected chi connectivity index (χ4v) is 0.287. The molecule has 0 rings (SSSR count). The van der Waals surface area contributed by atoms with E-state index in [9.17, 15) is 4.79 Å². The fraction of sp³-hybridized carbons (Fsp3) is 0.500. The zero-order valence-electron chi connectivity index (χ0n) is 5.52. The zero-order chi connectivity index (χ0) is 7.28. The number of hydrogen-bond acceptors (Lipinski definition) is 3. The minimum absolute atomic E-state index is 0.0385. The molecule has 2 N–H and O–H groups in total. The lowest BCUT2D eigenvalue weighted by atomic mass is 10.5. The summed E-state index contributed by atoms with van der Waals surface area (Å²) < 4.78 is 4.59. The first-order valence-electron chi connectivity index (χ1n) is 2.80. The van der Waals surface area contributed by atoms with Gasteiger partial charge in [-0.15, -0.1) is 0 Å². The summed E-state index contributed by atoms with van der Waals surface area (Å²) >= 11 is 0. The Morgan fingerprint density at radius 3 is 2.67 bits per heavy atom. The maximum Gasteiger partial charge on any atom is 0.353 e. The van der Waals surface area contributed by atoms with Crippen LogP contribution in [0, 0.1) is 0 Å². The van der Waals surface area contributed by atoms with Crippen molar-refractivity contribution in [2.24, 2.45) is 5.73 Å². The van der Waals surface area contributed by atoms with E-state index in [2.05, 4.69) is 11.3 Å². The fourth-order valence-electron chi connectivity index (χ4n) is 0.287. The number of esters is 1. The van der Waals surface area contributed by atoms with Crippen molar-refractivity contribution >= 4 is 5.97 Å². The monoisotopic (exact) mass is 129 g/mol. The molecule has 9 heavy (non-hydrogen) atoms. The molecule has 3 nitrogen and oxygen atoms in total. The summed E-state index contributed by atoms with van der Waals surface area (Å²) in [5.41, 5.74) is 4.97. The smallest absolute Gasteiger partial charge is 0.353 e. The second-order valence-electron chi connectivity index (χ2n) is 1.66. The van der Waals surface area contributed by atoms with Crippen LogP contribution in [-0.4, -0.2) is 12.6 Å². The highest BCUT2D eigenvalue weighted by Crippen LogP contribution is 1.86. The van der Waals surface area contributed by atoms with Crippen LogP contribution in [-0.2, 0) is 9.53 Å². The first-order chi connectivity index (χ1) is 4.18. The number of carbonyl (C=O) groups is 1. The van der Waals surface area contributed by atoms with Crippen molar-refractivity contribution in [3.63, 3.8) is 0 Å². The largest absolute Gasteiger partial charge is 0.461 e. The van der Waals surface area contributed by atoms with Gasteiger partial charge in [-0.25, -0.2) is 4.79 Å². The van der Waals surface area contributed by atoms with Gasteiger partial charge in [-0.2, -0.15) is 0 Å². The Morgan fingerprint density at radius 2 is 2.33 bits per heavy atom. The molecule has 0 heterocycles. The molecule has 52 valence electrons. The molecule has 0 aromatic heterocycles. The molecule has 0 radical (unpaired) electrons. The minimum atomic E-state index is -0.517. The molecule has 0 aliphatic carbocycles. The topological polar surface area (TPSA) is 52.3 Å². The van der Waals surface area contributed by atoms with Gasteiger partial charge >= 0.3 is 5.97 Å². The number of carbonyl (C=O) groups excluding carboxylic acids is 1. The summed E-state index contributed by atoms with van der Waals surface area (Å²) in [6.07, 6.45) is 0.805. The maximum atomic E-state index is 10.5. The quantitative estimate of drug-likeness (QED) is 0.443. The third-order valence-corrected chi connectivity index (χ3v) is 0.699. The number of nitrogens with two attached hydrogens (primary N) is 1. The number of ether oxygens (including phenoxy) is 1. The Morgan fingerprint density at radius 1 is 1.78 bits per heavy atom. The predicted octanol–water partition coefficient (Wildman–Crippen LogP) is 0.412. The SMILES string of the molecule is C=C(N)C(=O)OCCC. The van der Waals surface area contributed by atoms with Gasteiger partial charge in [0, 0.05) is 0 Å². The summed E-state index contributed by atoms with van der Waals surface area (Å²) in [7, 11) is 0. The molecule has 0 aliphatic rings. The van der Waals surface area contributed by atoms with E-state index in [0.29, 0.717) is 6.61 Å². The van der Waals surface area contributed by atoms with Crippen LogP contribution in [0.1, 0.15) is 13.3 Å². The van der Waals surface area contributed by atoms with Gasteiger partial charge in [0.2, 0.25) is 0 Å². The maximum absolute atomic E-state index is 10.5. The van der Waals surface area contributed by atoms with E-state index in [1.54, 1.807) is 0 Å². The van der Waals surface area contributed by atoms with Gasteiger partial charge in [-0.05, 0) is 6.42 Å². The lowest BCUT2D eigenvalue weighted by Crippen LogP contribution is -2.13. The minimum Gasteiger partial charge on any atom is -0.461 e. The average molecular weight is 129 g/mol. The molecular formula is C6H11NO2. The van der Waals surface area contributed by atoms with Crippen LogP contribution in [0.15, 0.2) is 12.3 Å². The van der Waals surface area contributed by atoms with Crippen LogP contribution < -0.4 is 5.73 Å². The molecule has 0 amide bonds. The molecule has 0 aromatic carbocycles. The molecule has 0 fully saturated rings. The Kier molecular flexibility index (Phi) is 3.51. The average Bonchev–Trinajstić information content (AvgIpc) is 1.82. The van der Waals surface area contributed by atoms with Crippen LogP contribution in [0.4, 0.5) is 0 Å². The number of rotatable bonds is 3. The van der Waals surface area contributed by atoms with Crippen LogP contribution in [0.3, 0.4) is 0 Å². The molecule has 3 heteroatoms. The summed E-state index contributed by atoms with van der Waals surface area (Å²) in [6.45, 7) is 5.53. The van der Waals surface area contributed by atoms with Gasteiger partial charge in [-0.3, -0.25) is 0 Å². The first kappa shape index (κ1) is 8.01. The second-order valence-corrected chi connectivity index (χ2v) is 1.66. The highest BCUT2D eigenvalue weighted by atomic mass is 16.5. The molecule has 0 saturated heterocycles. The van der Waals surface area contributed by atoms with Gasteiger partial charge in [0.25, 0.3) is 0 Å². The molecule has 0 atom stereocenters. The molecule has 0 aliphatic heterocycles. The summed E-state index contributed by atoms with van der Waals surface area (Å²) in [6, 6.07) is 0. The highest BCUT2D eigenvalue weighted by molar-refractivity contribution is 5.86. The molecular weight excluding hydrogens is 118 g/mol. The van der Waals surface area contributed by atoms with Crippen LogP contribution in [0.2, 0.25) is 0 Å². The normalized spacial score (nSPS) is 8.56. The number of hydrogen-bond donors (Lipinski definition) is 1. The van der Waals surface area contributed by atoms with Crippen molar-refractivity contribution in [1.29, 1.82) is 0 Å². The molecule has 0 aromatic rings. The van der Waals surface area contributed by atoms with E-state index in [4.69, 9.17) is 5.73 Å². The van der Waals surface area contributed by atoms with Gasteiger partial charge in [0.1, 0.15) is 5.70 Å². The highest BCUT2D eigenvalue weighted by Gasteiger charge is 2.00. The first-order valence-corrected chi connectivity index (χ1v) is 2.80. The van der Waals surface area contributed by atoms with Crippen molar-refractivity contribution < 1.29 is 9.53 Å². The Hall–Kier alpha value is -0.990. The van der Waals surface area contributed by atoms with E-state index in [1.165, 1.54) is 0 Å². The molecule has 0 unspecified atom stereocenters. The van der Waals surface area contributed by atoms with Gasteiger partial charge in [-0.1, -0.05) is 13.5 Å². The second kappa shape index (κ2) is 3.95. The van der Waals surface area contributed by atoms with E-state index in [1.807, 2.05) is 6.92 Å². The summed E-state index contributed by atoms with van der Waals surface area (Å²) in [5.74, 6) is -0.517. The van der Waals surface area contributed by atoms with Gasteiger partial charge in [0.15, 0.2) is 0 Å². The Balaban J connectivity index is 3.39.